The minimum Gasteiger partial charge on any atom is -0.334 e. The molecule has 24 heavy (non-hydrogen) atoms. The van der Waals surface area contributed by atoms with E-state index in [2.05, 4.69) is 26.1 Å². The number of hydrogen-bond acceptors (Lipinski definition) is 4. The number of hydrogen-bond donors (Lipinski definition) is 2. The Morgan fingerprint density at radius 2 is 2.12 bits per heavy atom. The Labute approximate surface area is 146 Å². The van der Waals surface area contributed by atoms with Crippen molar-refractivity contribution in [3.8, 4) is 0 Å². The Morgan fingerprint density at radius 3 is 2.75 bits per heavy atom. The second-order valence-electron chi connectivity index (χ2n) is 6.73. The van der Waals surface area contributed by atoms with Crippen molar-refractivity contribution in [2.24, 2.45) is 0 Å². The number of nitrogens with one attached hydrogen (secondary N) is 2. The molecule has 0 saturated heterocycles. The van der Waals surface area contributed by atoms with Gasteiger partial charge in [-0.2, -0.15) is 5.10 Å². The number of carbonyl (C=O) groups excluding carboxylic acids is 1. The van der Waals surface area contributed by atoms with Gasteiger partial charge >= 0.3 is 6.03 Å². The minimum absolute atomic E-state index is 0.00680. The van der Waals surface area contributed by atoms with Gasteiger partial charge in [-0.3, -0.25) is 4.68 Å². The fraction of sp³-hybridized carbons (Fsp3) is 0.588. The van der Waals surface area contributed by atoms with Crippen LogP contribution in [0.25, 0.3) is 0 Å². The van der Waals surface area contributed by atoms with Crippen LogP contribution in [0.2, 0.25) is 0 Å². The van der Waals surface area contributed by atoms with Crippen LogP contribution in [-0.4, -0.2) is 26.8 Å². The van der Waals surface area contributed by atoms with Gasteiger partial charge in [-0.1, -0.05) is 0 Å². The van der Waals surface area contributed by atoms with E-state index in [0.717, 1.165) is 17.1 Å². The van der Waals surface area contributed by atoms with E-state index in [9.17, 15) is 4.79 Å². The van der Waals surface area contributed by atoms with E-state index in [4.69, 9.17) is 0 Å². The second-order valence-corrected chi connectivity index (χ2v) is 7.62. The Kier molecular flexibility index (Phi) is 4.89. The molecule has 6 nitrogen and oxygen atoms in total. The predicted octanol–water partition coefficient (Wildman–Crippen LogP) is 3.28. The maximum absolute atomic E-state index is 12.2. The summed E-state index contributed by atoms with van der Waals surface area (Å²) >= 11 is 1.70. The van der Waals surface area contributed by atoms with Crippen LogP contribution in [-0.2, 0) is 6.54 Å². The predicted molar refractivity (Wildman–Crippen MR) is 95.3 cm³/mol. The van der Waals surface area contributed by atoms with Crippen LogP contribution in [0.15, 0.2) is 11.4 Å². The zero-order chi connectivity index (χ0) is 17.3. The van der Waals surface area contributed by atoms with E-state index in [0.29, 0.717) is 12.5 Å². The third-order valence-electron chi connectivity index (χ3n) is 4.19. The van der Waals surface area contributed by atoms with Crippen molar-refractivity contribution >= 4 is 17.4 Å². The molecule has 0 aliphatic heterocycles. The summed E-state index contributed by atoms with van der Waals surface area (Å²) in [6.45, 7) is 8.60. The standard InChI is InChI=1S/C17H25N5OS/c1-10-7-12(3)22(21-10)8-11(2)18-17(23)19-13(4)15-9-24-16(20-15)14-5-6-14/h7,9,11,13-14H,5-6,8H2,1-4H3,(H2,18,19,23)/t11-,13-/m0/s1. The molecule has 0 radical (unpaired) electrons. The van der Waals surface area contributed by atoms with E-state index in [1.165, 1.54) is 17.8 Å². The van der Waals surface area contributed by atoms with Crippen LogP contribution in [0.5, 0.6) is 0 Å². The van der Waals surface area contributed by atoms with E-state index in [-0.39, 0.29) is 18.1 Å². The summed E-state index contributed by atoms with van der Waals surface area (Å²) in [6.07, 6.45) is 2.50. The van der Waals surface area contributed by atoms with E-state index in [1.807, 2.05) is 38.4 Å². The number of rotatable bonds is 6. The van der Waals surface area contributed by atoms with Crippen molar-refractivity contribution in [2.75, 3.05) is 0 Å². The Bertz CT molecular complexity index is 718. The molecule has 1 aliphatic rings. The summed E-state index contributed by atoms with van der Waals surface area (Å²) in [6, 6.07) is 1.77. The van der Waals surface area contributed by atoms with Crippen LogP contribution in [0.4, 0.5) is 4.79 Å². The first kappa shape index (κ1) is 17.0. The summed E-state index contributed by atoms with van der Waals surface area (Å²) in [5.41, 5.74) is 3.04. The number of nitrogens with zero attached hydrogens (tertiary/aromatic N) is 3. The van der Waals surface area contributed by atoms with Gasteiger partial charge in [-0.25, -0.2) is 9.78 Å². The van der Waals surface area contributed by atoms with Gasteiger partial charge in [0.2, 0.25) is 0 Å². The van der Waals surface area contributed by atoms with Crippen molar-refractivity contribution in [2.45, 2.75) is 65.1 Å². The van der Waals surface area contributed by atoms with E-state index < -0.39 is 0 Å². The van der Waals surface area contributed by atoms with Crippen molar-refractivity contribution in [3.05, 3.63) is 33.5 Å². The zero-order valence-corrected chi connectivity index (χ0v) is 15.5. The lowest BCUT2D eigenvalue weighted by molar-refractivity contribution is 0.233. The summed E-state index contributed by atoms with van der Waals surface area (Å²) < 4.78 is 1.92. The normalized spacial score (nSPS) is 16.7. The molecule has 1 saturated carbocycles. The first-order valence-corrected chi connectivity index (χ1v) is 9.33. The van der Waals surface area contributed by atoms with Crippen molar-refractivity contribution in [3.63, 3.8) is 0 Å². The van der Waals surface area contributed by atoms with E-state index in [1.54, 1.807) is 11.3 Å². The molecule has 3 rings (SSSR count). The molecule has 2 aromatic heterocycles. The number of carbonyl (C=O) groups is 1. The number of aryl methyl sites for hydroxylation is 2. The molecule has 0 unspecified atom stereocenters. The van der Waals surface area contributed by atoms with Gasteiger partial charge in [-0.05, 0) is 46.6 Å². The first-order valence-electron chi connectivity index (χ1n) is 8.45. The average molecular weight is 347 g/mol. The van der Waals surface area contributed by atoms with Crippen LogP contribution in [0.1, 0.15) is 60.7 Å². The van der Waals surface area contributed by atoms with Gasteiger partial charge in [0, 0.05) is 23.0 Å². The van der Waals surface area contributed by atoms with Crippen LogP contribution in [0, 0.1) is 13.8 Å². The maximum atomic E-state index is 12.2. The molecule has 2 N–H and O–H groups in total. The maximum Gasteiger partial charge on any atom is 0.315 e. The van der Waals surface area contributed by atoms with E-state index >= 15 is 0 Å². The molecule has 130 valence electrons. The van der Waals surface area contributed by atoms with Crippen molar-refractivity contribution in [1.82, 2.24) is 25.4 Å². The third-order valence-corrected chi connectivity index (χ3v) is 5.21. The molecule has 2 amide bonds. The summed E-state index contributed by atoms with van der Waals surface area (Å²) in [7, 11) is 0. The van der Waals surface area contributed by atoms with Crippen molar-refractivity contribution in [1.29, 1.82) is 0 Å². The topological polar surface area (TPSA) is 71.8 Å². The van der Waals surface area contributed by atoms with Crippen LogP contribution < -0.4 is 10.6 Å². The number of thiazole rings is 1. The Balaban J connectivity index is 1.49. The highest BCUT2D eigenvalue weighted by atomic mass is 32.1. The first-order chi connectivity index (χ1) is 11.4. The fourth-order valence-electron chi connectivity index (χ4n) is 2.72. The average Bonchev–Trinajstić information content (AvgIpc) is 3.13. The van der Waals surface area contributed by atoms with Gasteiger partial charge in [0.1, 0.15) is 0 Å². The van der Waals surface area contributed by atoms with Gasteiger partial charge in [0.05, 0.1) is 29.0 Å². The Hall–Kier alpha value is -1.89. The summed E-state index contributed by atoms with van der Waals surface area (Å²) in [5, 5.41) is 13.6. The molecule has 1 fully saturated rings. The SMILES string of the molecule is Cc1cc(C)n(C[C@H](C)NC(=O)N[C@@H](C)c2csc(C3CC3)n2)n1. The molecular formula is C17H25N5OS. The lowest BCUT2D eigenvalue weighted by atomic mass is 10.2. The molecule has 0 bridgehead atoms. The highest BCUT2D eigenvalue weighted by molar-refractivity contribution is 7.09. The van der Waals surface area contributed by atoms with Crippen LogP contribution >= 0.6 is 11.3 Å². The largest absolute Gasteiger partial charge is 0.334 e. The molecule has 7 heteroatoms. The lowest BCUT2D eigenvalue weighted by Crippen LogP contribution is -2.43. The summed E-state index contributed by atoms with van der Waals surface area (Å²) in [4.78, 5) is 16.8. The minimum atomic E-state index is -0.169. The monoisotopic (exact) mass is 347 g/mol. The highest BCUT2D eigenvalue weighted by Gasteiger charge is 2.27. The molecule has 0 aromatic carbocycles. The zero-order valence-electron chi connectivity index (χ0n) is 14.7. The second kappa shape index (κ2) is 6.93. The van der Waals surface area contributed by atoms with Gasteiger partial charge in [0.25, 0.3) is 0 Å². The lowest BCUT2D eigenvalue weighted by Gasteiger charge is -2.18. The molecule has 2 heterocycles. The molecular weight excluding hydrogens is 322 g/mol. The van der Waals surface area contributed by atoms with Gasteiger partial charge in [0.15, 0.2) is 0 Å². The Morgan fingerprint density at radius 1 is 1.38 bits per heavy atom. The number of amides is 2. The molecule has 2 atom stereocenters. The smallest absolute Gasteiger partial charge is 0.315 e. The number of aromatic nitrogens is 3. The highest BCUT2D eigenvalue weighted by Crippen LogP contribution is 2.41. The molecule has 1 aliphatic carbocycles. The third kappa shape index (κ3) is 4.14. The number of urea groups is 1. The fourth-order valence-corrected chi connectivity index (χ4v) is 3.80. The van der Waals surface area contributed by atoms with Crippen molar-refractivity contribution < 1.29 is 4.79 Å². The molecule has 2 aromatic rings. The quantitative estimate of drug-likeness (QED) is 0.842. The molecule has 0 spiro atoms. The van der Waals surface area contributed by atoms with Gasteiger partial charge < -0.3 is 10.6 Å². The van der Waals surface area contributed by atoms with Gasteiger partial charge in [-0.15, -0.1) is 11.3 Å². The van der Waals surface area contributed by atoms with Crippen LogP contribution in [0.3, 0.4) is 0 Å². The summed E-state index contributed by atoms with van der Waals surface area (Å²) in [5.74, 6) is 0.658.